The monoisotopic (exact) mass is 764 g/mol. The van der Waals surface area contributed by atoms with Crippen molar-refractivity contribution >= 4 is 27.7 Å². The van der Waals surface area contributed by atoms with E-state index in [0.717, 1.165) is 21.2 Å². The second kappa shape index (κ2) is 14.5. The highest BCUT2D eigenvalue weighted by molar-refractivity contribution is 9.10. The molecule has 5 aromatic rings. The number of nitrogens with zero attached hydrogens (tertiary/aromatic N) is 5. The molecule has 1 aliphatic rings. The summed E-state index contributed by atoms with van der Waals surface area (Å²) in [6, 6.07) is 19.5. The molecule has 2 amide bonds. The second-order valence-electron chi connectivity index (χ2n) is 12.1. The number of carbonyl (C=O) groups excluding carboxylic acids is 2. The summed E-state index contributed by atoms with van der Waals surface area (Å²) in [7, 11) is 0. The van der Waals surface area contributed by atoms with Crippen molar-refractivity contribution in [3.63, 3.8) is 0 Å². The number of halogens is 4. The number of amides is 2. The van der Waals surface area contributed by atoms with E-state index in [4.69, 9.17) is 4.74 Å². The molecular weight excluding hydrogens is 733 g/mol. The highest BCUT2D eigenvalue weighted by Gasteiger charge is 2.39. The van der Waals surface area contributed by atoms with Crippen molar-refractivity contribution in [3.05, 3.63) is 128 Å². The molecule has 0 fully saturated rings. The van der Waals surface area contributed by atoms with Gasteiger partial charge in [-0.3, -0.25) is 18.7 Å². The van der Waals surface area contributed by atoms with Crippen molar-refractivity contribution in [2.24, 2.45) is 0 Å². The molecule has 0 spiro atoms. The number of ether oxygens (including phenoxy) is 1. The Morgan fingerprint density at radius 2 is 1.84 bits per heavy atom. The molecule has 6 rings (SSSR count). The third-order valence-electron chi connectivity index (χ3n) is 8.62. The Hall–Kier alpha value is -5.28. The number of aliphatic hydroxyl groups excluding tert-OH is 1. The molecule has 0 bridgehead atoms. The zero-order chi connectivity index (χ0) is 36.4. The Morgan fingerprint density at radius 3 is 2.53 bits per heavy atom. The first-order valence-corrected chi connectivity index (χ1v) is 16.6. The molecule has 0 unspecified atom stereocenters. The molecule has 1 aliphatic heterocycles. The molecule has 15 heteroatoms. The molecule has 2 N–H and O–H groups in total. The van der Waals surface area contributed by atoms with Crippen molar-refractivity contribution < 1.29 is 32.6 Å². The molecule has 2 atom stereocenters. The van der Waals surface area contributed by atoms with E-state index in [9.17, 15) is 32.7 Å². The van der Waals surface area contributed by atoms with E-state index in [0.29, 0.717) is 17.0 Å². The number of rotatable bonds is 9. The normalized spacial score (nSPS) is 14.9. The molecule has 2 aromatic heterocycles. The van der Waals surface area contributed by atoms with Crippen molar-refractivity contribution in [1.82, 2.24) is 29.3 Å². The topological polar surface area (TPSA) is 132 Å². The molecule has 51 heavy (non-hydrogen) atoms. The van der Waals surface area contributed by atoms with E-state index >= 15 is 0 Å². The zero-order valence-electron chi connectivity index (χ0n) is 27.4. The number of hydrogen-bond donors (Lipinski definition) is 2. The minimum atomic E-state index is -4.85. The lowest BCUT2D eigenvalue weighted by Gasteiger charge is -2.34. The Labute approximate surface area is 298 Å². The summed E-state index contributed by atoms with van der Waals surface area (Å²) in [5, 5.41) is 12.3. The summed E-state index contributed by atoms with van der Waals surface area (Å²) >= 11 is 3.46. The molecule has 0 radical (unpaired) electrons. The fourth-order valence-corrected chi connectivity index (χ4v) is 6.15. The first-order chi connectivity index (χ1) is 24.3. The van der Waals surface area contributed by atoms with Crippen molar-refractivity contribution in [1.29, 1.82) is 0 Å². The van der Waals surface area contributed by atoms with Crippen LogP contribution >= 0.6 is 15.9 Å². The lowest BCUT2D eigenvalue weighted by atomic mass is 10.0. The van der Waals surface area contributed by atoms with Gasteiger partial charge in [-0.1, -0.05) is 40.2 Å². The number of nitrogens with one attached hydrogen (secondary N) is 1. The van der Waals surface area contributed by atoms with Gasteiger partial charge in [-0.05, 0) is 73.5 Å². The summed E-state index contributed by atoms with van der Waals surface area (Å²) in [5.41, 5.74) is 3.54. The molecule has 0 saturated heterocycles. The van der Waals surface area contributed by atoms with E-state index in [1.807, 2.05) is 38.1 Å². The van der Waals surface area contributed by atoms with Crippen LogP contribution in [0.25, 0.3) is 16.9 Å². The predicted molar refractivity (Wildman–Crippen MR) is 184 cm³/mol. The van der Waals surface area contributed by atoms with Crippen molar-refractivity contribution in [3.8, 4) is 22.7 Å². The van der Waals surface area contributed by atoms with E-state index in [1.165, 1.54) is 39.7 Å². The van der Waals surface area contributed by atoms with Crippen LogP contribution in [0.3, 0.4) is 0 Å². The van der Waals surface area contributed by atoms with Gasteiger partial charge in [0.1, 0.15) is 24.4 Å². The van der Waals surface area contributed by atoms with Crippen LogP contribution in [0.4, 0.5) is 13.2 Å². The van der Waals surface area contributed by atoms with Gasteiger partial charge in [0.2, 0.25) is 0 Å². The predicted octanol–water partition coefficient (Wildman–Crippen LogP) is 5.44. The third-order valence-corrected chi connectivity index (χ3v) is 9.51. The minimum Gasteiger partial charge on any atom is -0.491 e. The fourth-order valence-electron chi connectivity index (χ4n) is 5.90. The third kappa shape index (κ3) is 7.44. The lowest BCUT2D eigenvalue weighted by Crippen LogP contribution is -2.47. The number of benzene rings is 3. The van der Waals surface area contributed by atoms with Crippen LogP contribution in [0.15, 0.2) is 94.6 Å². The van der Waals surface area contributed by atoms with Crippen LogP contribution in [0, 0.1) is 6.92 Å². The summed E-state index contributed by atoms with van der Waals surface area (Å²) in [4.78, 5) is 52.0. The summed E-state index contributed by atoms with van der Waals surface area (Å²) < 4.78 is 47.0. The largest absolute Gasteiger partial charge is 0.491 e. The molecule has 264 valence electrons. The average molecular weight is 766 g/mol. The average Bonchev–Trinajstić information content (AvgIpc) is 3.41. The van der Waals surface area contributed by atoms with Crippen LogP contribution < -0.4 is 15.7 Å². The molecule has 0 saturated carbocycles. The first kappa shape index (κ1) is 35.5. The summed E-state index contributed by atoms with van der Waals surface area (Å²) in [5.74, 6) is -0.841. The molecule has 3 heterocycles. The maximum atomic E-state index is 14.2. The minimum absolute atomic E-state index is 0.00244. The van der Waals surface area contributed by atoms with E-state index in [1.54, 1.807) is 35.4 Å². The van der Waals surface area contributed by atoms with Crippen LogP contribution in [0.2, 0.25) is 0 Å². The number of fused-ring (bicyclic) bond motifs is 1. The highest BCUT2D eigenvalue weighted by atomic mass is 79.9. The number of aryl methyl sites for hydroxylation is 1. The summed E-state index contributed by atoms with van der Waals surface area (Å²) in [6.07, 6.45) is -4.49. The van der Waals surface area contributed by atoms with Crippen LogP contribution in [0.5, 0.6) is 5.75 Å². The number of aliphatic hydroxyl groups is 1. The molecule has 3 aromatic carbocycles. The number of carbonyl (C=O) groups is 2. The van der Waals surface area contributed by atoms with Gasteiger partial charge in [-0.15, -0.1) is 0 Å². The maximum absolute atomic E-state index is 14.2. The van der Waals surface area contributed by atoms with Gasteiger partial charge in [0.05, 0.1) is 23.6 Å². The zero-order valence-corrected chi connectivity index (χ0v) is 29.0. The maximum Gasteiger partial charge on any atom is 0.417 e. The van der Waals surface area contributed by atoms with Gasteiger partial charge in [0.25, 0.3) is 11.8 Å². The standard InChI is InChI=1S/C36H32BrF3N6O5/c1-21-15-23(7-12-28(21)37)34(49)44-18-30-32(33(48)42-16-24-5-3-4-6-27(24)29-13-14-41-20-43-29)46(35(50)45(30)17-22(44)2)25-8-10-26(11-9-25)51-19-31(47)36(38,39)40/h3-15,20,22,31,47H,16-19H2,1-2H3,(H,42,48)/t22-,31-/m0/s1. The van der Waals surface area contributed by atoms with Gasteiger partial charge >= 0.3 is 11.9 Å². The molecule has 0 aliphatic carbocycles. The van der Waals surface area contributed by atoms with Gasteiger partial charge in [0, 0.05) is 40.9 Å². The van der Waals surface area contributed by atoms with E-state index in [-0.39, 0.29) is 42.7 Å². The van der Waals surface area contributed by atoms with Crippen LogP contribution in [0.1, 0.15) is 44.6 Å². The van der Waals surface area contributed by atoms with Crippen molar-refractivity contribution in [2.75, 3.05) is 6.61 Å². The Kier molecular flexibility index (Phi) is 10.1. The molecular formula is C36H32BrF3N6O5. The van der Waals surface area contributed by atoms with Crippen LogP contribution in [-0.4, -0.2) is 65.9 Å². The highest BCUT2D eigenvalue weighted by Crippen LogP contribution is 2.28. The number of alkyl halides is 3. The summed E-state index contributed by atoms with van der Waals surface area (Å²) in [6.45, 7) is 2.81. The quantitative estimate of drug-likeness (QED) is 0.204. The van der Waals surface area contributed by atoms with Gasteiger partial charge < -0.3 is 20.1 Å². The van der Waals surface area contributed by atoms with Gasteiger partial charge in [-0.25, -0.2) is 14.8 Å². The van der Waals surface area contributed by atoms with Gasteiger partial charge in [-0.2, -0.15) is 13.2 Å². The Bertz CT molecular complexity index is 2140. The molecule has 11 nitrogen and oxygen atoms in total. The SMILES string of the molecule is Cc1cc(C(=O)N2Cc3c(C(=O)NCc4ccccc4-c4ccncn4)n(-c4ccc(OC[C@H](O)C(F)(F)F)cc4)c(=O)n3C[C@@H]2C)ccc1Br. The Balaban J connectivity index is 1.36. The number of aromatic nitrogens is 4. The first-order valence-electron chi connectivity index (χ1n) is 15.9. The van der Waals surface area contributed by atoms with Crippen molar-refractivity contribution in [2.45, 2.75) is 51.8 Å². The number of imidazole rings is 1. The van der Waals surface area contributed by atoms with Crippen LogP contribution in [-0.2, 0) is 19.6 Å². The number of hydrogen-bond acceptors (Lipinski definition) is 7. The fraction of sp³-hybridized carbons (Fsp3) is 0.250. The Morgan fingerprint density at radius 1 is 1.10 bits per heavy atom. The van der Waals surface area contributed by atoms with Gasteiger partial charge in [0.15, 0.2) is 6.10 Å². The second-order valence-corrected chi connectivity index (χ2v) is 12.9. The smallest absolute Gasteiger partial charge is 0.417 e. The van der Waals surface area contributed by atoms with E-state index < -0.39 is 36.5 Å². The lowest BCUT2D eigenvalue weighted by molar-refractivity contribution is -0.210. The van der Waals surface area contributed by atoms with E-state index in [2.05, 4.69) is 31.2 Å².